The Morgan fingerprint density at radius 1 is 0.593 bits per heavy atom. The molecule has 0 aliphatic rings. The van der Waals surface area contributed by atoms with Gasteiger partial charge in [0.25, 0.3) is 0 Å². The lowest BCUT2D eigenvalue weighted by molar-refractivity contribution is 0.582. The minimum atomic E-state index is 0.121. The monoisotopic (exact) mass is 354 g/mol. The normalized spacial score (nSPS) is 11.5. The molecule has 27 heavy (non-hydrogen) atoms. The summed E-state index contributed by atoms with van der Waals surface area (Å²) in [6, 6.07) is 26.8. The Balaban J connectivity index is 1.63. The first kappa shape index (κ1) is 17.2. The second-order valence-corrected chi connectivity index (χ2v) is 7.69. The Labute approximate surface area is 159 Å². The van der Waals surface area contributed by atoms with E-state index < -0.39 is 0 Å². The first-order valence-corrected chi connectivity index (χ1v) is 9.11. The lowest BCUT2D eigenvalue weighted by Gasteiger charge is -2.18. The third kappa shape index (κ3) is 3.68. The summed E-state index contributed by atoms with van der Waals surface area (Å²) in [4.78, 5) is 0. The molecule has 3 nitrogen and oxygen atoms in total. The van der Waals surface area contributed by atoms with Crippen molar-refractivity contribution in [3.63, 3.8) is 0 Å². The molecular weight excluding hydrogens is 332 g/mol. The zero-order chi connectivity index (χ0) is 18.9. The predicted octanol–water partition coefficient (Wildman–Crippen LogP) is 6.37. The summed E-state index contributed by atoms with van der Waals surface area (Å²) in [5.41, 5.74) is 5.54. The Morgan fingerprint density at radius 3 is 1.85 bits per heavy atom. The van der Waals surface area contributed by atoms with Gasteiger partial charge in [0.05, 0.1) is 0 Å². The fraction of sp³-hybridized carbons (Fsp3) is 0.167. The molecule has 3 aromatic carbocycles. The van der Waals surface area contributed by atoms with Gasteiger partial charge in [-0.2, -0.15) is 0 Å². The molecule has 0 radical (unpaired) electrons. The zero-order valence-corrected chi connectivity index (χ0v) is 15.8. The summed E-state index contributed by atoms with van der Waals surface area (Å²) in [6.45, 7) is 6.60. The molecule has 1 heterocycles. The average molecular weight is 354 g/mol. The fourth-order valence-electron chi connectivity index (χ4n) is 3.03. The molecule has 0 bridgehead atoms. The molecule has 0 saturated heterocycles. The highest BCUT2D eigenvalue weighted by Gasteiger charge is 2.15. The van der Waals surface area contributed by atoms with Crippen molar-refractivity contribution in [2.24, 2.45) is 0 Å². The standard InChI is InChI=1S/C24H22N2O/c1-24(2,3)21-14-12-18(13-15-21)22-25-26-23(27-22)20-11-7-10-19(16-20)17-8-5-4-6-9-17/h4-16H,1-3H3. The summed E-state index contributed by atoms with van der Waals surface area (Å²) in [6.07, 6.45) is 0. The molecule has 0 unspecified atom stereocenters. The van der Waals surface area contributed by atoms with Crippen LogP contribution in [0.5, 0.6) is 0 Å². The minimum Gasteiger partial charge on any atom is -0.416 e. The third-order valence-corrected chi connectivity index (χ3v) is 4.64. The van der Waals surface area contributed by atoms with Gasteiger partial charge in [0.15, 0.2) is 0 Å². The van der Waals surface area contributed by atoms with E-state index in [4.69, 9.17) is 4.42 Å². The fourth-order valence-corrected chi connectivity index (χ4v) is 3.03. The van der Waals surface area contributed by atoms with Crippen molar-refractivity contribution in [2.45, 2.75) is 26.2 Å². The van der Waals surface area contributed by atoms with E-state index in [1.807, 2.05) is 42.5 Å². The van der Waals surface area contributed by atoms with Crippen molar-refractivity contribution < 1.29 is 4.42 Å². The van der Waals surface area contributed by atoms with E-state index in [0.717, 1.165) is 22.3 Å². The van der Waals surface area contributed by atoms with E-state index in [0.29, 0.717) is 11.8 Å². The van der Waals surface area contributed by atoms with Gasteiger partial charge < -0.3 is 4.42 Å². The summed E-state index contributed by atoms with van der Waals surface area (Å²) in [5.74, 6) is 1.07. The van der Waals surface area contributed by atoms with Crippen LogP contribution in [0.2, 0.25) is 0 Å². The molecule has 0 fully saturated rings. The van der Waals surface area contributed by atoms with Gasteiger partial charge in [-0.1, -0.05) is 75.4 Å². The number of nitrogens with zero attached hydrogens (tertiary/aromatic N) is 2. The van der Waals surface area contributed by atoms with Crippen LogP contribution in [0.3, 0.4) is 0 Å². The van der Waals surface area contributed by atoms with Crippen LogP contribution >= 0.6 is 0 Å². The van der Waals surface area contributed by atoms with E-state index in [1.54, 1.807) is 0 Å². The Bertz CT molecular complexity index is 1040. The number of benzene rings is 3. The van der Waals surface area contributed by atoms with Crippen LogP contribution in [0.15, 0.2) is 83.3 Å². The van der Waals surface area contributed by atoms with Crippen molar-refractivity contribution in [3.05, 3.63) is 84.4 Å². The van der Waals surface area contributed by atoms with Crippen LogP contribution in [0.25, 0.3) is 34.0 Å². The molecule has 4 aromatic rings. The predicted molar refractivity (Wildman–Crippen MR) is 109 cm³/mol. The topological polar surface area (TPSA) is 38.9 Å². The van der Waals surface area contributed by atoms with E-state index in [9.17, 15) is 0 Å². The van der Waals surface area contributed by atoms with Crippen molar-refractivity contribution in [3.8, 4) is 34.0 Å². The molecule has 4 rings (SSSR count). The Morgan fingerprint density at radius 2 is 1.19 bits per heavy atom. The van der Waals surface area contributed by atoms with E-state index in [1.165, 1.54) is 5.56 Å². The first-order chi connectivity index (χ1) is 13.0. The van der Waals surface area contributed by atoms with Gasteiger partial charge in [-0.25, -0.2) is 0 Å². The van der Waals surface area contributed by atoms with E-state index in [-0.39, 0.29) is 5.41 Å². The molecular formula is C24H22N2O. The van der Waals surface area contributed by atoms with Crippen molar-refractivity contribution >= 4 is 0 Å². The van der Waals surface area contributed by atoms with E-state index in [2.05, 4.69) is 67.4 Å². The quantitative estimate of drug-likeness (QED) is 0.429. The summed E-state index contributed by atoms with van der Waals surface area (Å²) >= 11 is 0. The number of rotatable bonds is 3. The van der Waals surface area contributed by atoms with Crippen LogP contribution < -0.4 is 0 Å². The lowest BCUT2D eigenvalue weighted by Crippen LogP contribution is -2.10. The van der Waals surface area contributed by atoms with Crippen LogP contribution in [-0.4, -0.2) is 10.2 Å². The summed E-state index contributed by atoms with van der Waals surface area (Å²) < 4.78 is 5.95. The molecule has 3 heteroatoms. The van der Waals surface area contributed by atoms with Gasteiger partial charge in [0.1, 0.15) is 0 Å². The average Bonchev–Trinajstić information content (AvgIpc) is 3.19. The maximum atomic E-state index is 5.95. The van der Waals surface area contributed by atoms with Gasteiger partial charge in [0.2, 0.25) is 11.8 Å². The minimum absolute atomic E-state index is 0.121. The zero-order valence-electron chi connectivity index (χ0n) is 15.8. The van der Waals surface area contributed by atoms with Crippen LogP contribution in [0, 0.1) is 0 Å². The second-order valence-electron chi connectivity index (χ2n) is 7.69. The second kappa shape index (κ2) is 6.84. The van der Waals surface area contributed by atoms with Crippen LogP contribution in [0.1, 0.15) is 26.3 Å². The first-order valence-electron chi connectivity index (χ1n) is 9.11. The SMILES string of the molecule is CC(C)(C)c1ccc(-c2nnc(-c3cccc(-c4ccccc4)c3)o2)cc1. The van der Waals surface area contributed by atoms with Gasteiger partial charge in [-0.05, 0) is 46.4 Å². The number of aromatic nitrogens is 2. The molecule has 134 valence electrons. The maximum absolute atomic E-state index is 5.95. The maximum Gasteiger partial charge on any atom is 0.248 e. The molecule has 1 aromatic heterocycles. The van der Waals surface area contributed by atoms with Gasteiger partial charge in [0, 0.05) is 11.1 Å². The number of hydrogen-bond donors (Lipinski definition) is 0. The lowest BCUT2D eigenvalue weighted by atomic mass is 9.87. The summed E-state index contributed by atoms with van der Waals surface area (Å²) in [5, 5.41) is 8.49. The van der Waals surface area contributed by atoms with Crippen molar-refractivity contribution in [2.75, 3.05) is 0 Å². The van der Waals surface area contributed by atoms with E-state index >= 15 is 0 Å². The third-order valence-electron chi connectivity index (χ3n) is 4.64. The summed E-state index contributed by atoms with van der Waals surface area (Å²) in [7, 11) is 0. The molecule has 0 aliphatic heterocycles. The number of hydrogen-bond acceptors (Lipinski definition) is 3. The van der Waals surface area contributed by atoms with Gasteiger partial charge >= 0.3 is 0 Å². The van der Waals surface area contributed by atoms with Crippen LogP contribution in [0.4, 0.5) is 0 Å². The highest BCUT2D eigenvalue weighted by molar-refractivity contribution is 5.70. The smallest absolute Gasteiger partial charge is 0.248 e. The molecule has 0 saturated carbocycles. The molecule has 0 aliphatic carbocycles. The van der Waals surface area contributed by atoms with Gasteiger partial charge in [-0.15, -0.1) is 10.2 Å². The molecule has 0 N–H and O–H groups in total. The highest BCUT2D eigenvalue weighted by atomic mass is 16.4. The molecule has 0 atom stereocenters. The Kier molecular flexibility index (Phi) is 4.36. The van der Waals surface area contributed by atoms with Crippen LogP contribution in [-0.2, 0) is 5.41 Å². The van der Waals surface area contributed by atoms with Crippen molar-refractivity contribution in [1.82, 2.24) is 10.2 Å². The van der Waals surface area contributed by atoms with Gasteiger partial charge in [-0.3, -0.25) is 0 Å². The molecule has 0 spiro atoms. The largest absolute Gasteiger partial charge is 0.416 e. The van der Waals surface area contributed by atoms with Crippen molar-refractivity contribution in [1.29, 1.82) is 0 Å². The Hall–Kier alpha value is -3.20. The highest BCUT2D eigenvalue weighted by Crippen LogP contribution is 2.29. The molecule has 0 amide bonds.